The number of fused-ring (bicyclic) bond motifs is 1. The van der Waals surface area contributed by atoms with E-state index in [0.717, 1.165) is 22.6 Å². The van der Waals surface area contributed by atoms with E-state index in [9.17, 15) is 0 Å². The van der Waals surface area contributed by atoms with Gasteiger partial charge >= 0.3 is 0 Å². The van der Waals surface area contributed by atoms with Gasteiger partial charge in [-0.1, -0.05) is 35.6 Å². The summed E-state index contributed by atoms with van der Waals surface area (Å²) < 4.78 is 6.83. The molecule has 0 spiro atoms. The normalized spacial score (nSPS) is 18.8. The smallest absolute Gasteiger partial charge is 0.274 e. The number of halogens is 1. The summed E-state index contributed by atoms with van der Waals surface area (Å²) in [5, 5.41) is 2.70. The van der Waals surface area contributed by atoms with Crippen molar-refractivity contribution in [3.05, 3.63) is 45.4 Å². The molecule has 1 unspecified atom stereocenters. The Balaban J connectivity index is 1.85. The van der Waals surface area contributed by atoms with Gasteiger partial charge in [-0.05, 0) is 46.3 Å². The fraction of sp³-hybridized carbons (Fsp3) is 0.308. The van der Waals surface area contributed by atoms with Crippen molar-refractivity contribution in [1.29, 1.82) is 0 Å². The number of hydrogen-bond acceptors (Lipinski definition) is 3. The van der Waals surface area contributed by atoms with Crippen LogP contribution in [0.25, 0.3) is 0 Å². The zero-order chi connectivity index (χ0) is 11.7. The summed E-state index contributed by atoms with van der Waals surface area (Å²) in [6, 6.07) is 8.55. The van der Waals surface area contributed by atoms with Gasteiger partial charge in [-0.25, -0.2) is 0 Å². The average molecular weight is 310 g/mol. The predicted octanol–water partition coefficient (Wildman–Crippen LogP) is 4.36. The summed E-state index contributed by atoms with van der Waals surface area (Å²) >= 11 is 4.89. The molecule has 3 rings (SSSR count). The highest BCUT2D eigenvalue weighted by Gasteiger charge is 2.22. The maximum atomic E-state index is 5.98. The Labute approximate surface area is 113 Å². The number of aromatic nitrogens is 1. The number of rotatable bonds is 2. The quantitative estimate of drug-likeness (QED) is 0.822. The first-order valence-corrected chi connectivity index (χ1v) is 7.36. The molecule has 0 bridgehead atoms. The monoisotopic (exact) mass is 309 g/mol. The Bertz CT molecular complexity index is 526. The van der Waals surface area contributed by atoms with Crippen LogP contribution in [0.15, 0.2) is 34.2 Å². The molecular weight excluding hydrogens is 298 g/mol. The average Bonchev–Trinajstić information content (AvgIpc) is 2.75. The molecule has 17 heavy (non-hydrogen) atoms. The van der Waals surface area contributed by atoms with E-state index in [1.165, 1.54) is 28.9 Å². The van der Waals surface area contributed by atoms with Crippen molar-refractivity contribution in [1.82, 2.24) is 4.98 Å². The molecule has 2 aromatic rings. The van der Waals surface area contributed by atoms with Crippen LogP contribution in [0.4, 0.5) is 0 Å². The molecule has 1 aromatic heterocycles. The summed E-state index contributed by atoms with van der Waals surface area (Å²) in [5.74, 6) is 0. The Morgan fingerprint density at radius 3 is 3.06 bits per heavy atom. The first-order valence-electron chi connectivity index (χ1n) is 5.68. The standard InChI is InChI=1S/C13H12BrNOS/c14-12-8-17-13(15-12)16-11-7-3-5-9-4-1-2-6-10(9)11/h1-2,4,6,8,11H,3,5,7H2. The van der Waals surface area contributed by atoms with Gasteiger partial charge in [-0.2, -0.15) is 4.98 Å². The zero-order valence-corrected chi connectivity index (χ0v) is 11.6. The minimum Gasteiger partial charge on any atom is -0.462 e. The maximum Gasteiger partial charge on any atom is 0.274 e. The molecule has 1 aliphatic rings. The van der Waals surface area contributed by atoms with Gasteiger partial charge in [0.25, 0.3) is 5.19 Å². The maximum absolute atomic E-state index is 5.98. The number of nitrogens with zero attached hydrogens (tertiary/aromatic N) is 1. The van der Waals surface area contributed by atoms with Crippen molar-refractivity contribution >= 4 is 27.3 Å². The van der Waals surface area contributed by atoms with E-state index in [2.05, 4.69) is 45.2 Å². The van der Waals surface area contributed by atoms with E-state index in [4.69, 9.17) is 4.74 Å². The molecular formula is C13H12BrNOS. The molecule has 0 aliphatic heterocycles. The van der Waals surface area contributed by atoms with E-state index >= 15 is 0 Å². The fourth-order valence-electron chi connectivity index (χ4n) is 2.25. The van der Waals surface area contributed by atoms with E-state index in [0.29, 0.717) is 0 Å². The SMILES string of the molecule is Brc1csc(OC2CCCc3ccccc32)n1. The molecule has 0 N–H and O–H groups in total. The molecule has 0 amide bonds. The molecule has 0 saturated carbocycles. The van der Waals surface area contributed by atoms with Gasteiger partial charge in [0, 0.05) is 5.38 Å². The Morgan fingerprint density at radius 2 is 2.24 bits per heavy atom. The summed E-state index contributed by atoms with van der Waals surface area (Å²) in [5.41, 5.74) is 2.74. The first-order chi connectivity index (χ1) is 8.33. The van der Waals surface area contributed by atoms with Gasteiger partial charge in [-0.3, -0.25) is 0 Å². The van der Waals surface area contributed by atoms with Crippen molar-refractivity contribution < 1.29 is 4.74 Å². The van der Waals surface area contributed by atoms with Gasteiger partial charge < -0.3 is 4.74 Å². The van der Waals surface area contributed by atoms with Crippen molar-refractivity contribution in [3.8, 4) is 5.19 Å². The molecule has 1 aromatic carbocycles. The van der Waals surface area contributed by atoms with E-state index in [1.807, 2.05) is 5.38 Å². The molecule has 1 heterocycles. The third-order valence-corrected chi connectivity index (χ3v) is 4.45. The number of benzene rings is 1. The fourth-order valence-corrected chi connectivity index (χ4v) is 3.38. The van der Waals surface area contributed by atoms with Crippen molar-refractivity contribution in [2.24, 2.45) is 0 Å². The second-order valence-electron chi connectivity index (χ2n) is 4.13. The highest BCUT2D eigenvalue weighted by Crippen LogP contribution is 2.34. The summed E-state index contributed by atoms with van der Waals surface area (Å²) in [6.45, 7) is 0. The van der Waals surface area contributed by atoms with Crippen LogP contribution in [0.5, 0.6) is 5.19 Å². The summed E-state index contributed by atoms with van der Waals surface area (Å²) in [6.07, 6.45) is 3.60. The second-order valence-corrected chi connectivity index (χ2v) is 5.77. The van der Waals surface area contributed by atoms with Gasteiger partial charge in [0.05, 0.1) is 0 Å². The molecule has 1 atom stereocenters. The topological polar surface area (TPSA) is 22.1 Å². The summed E-state index contributed by atoms with van der Waals surface area (Å²) in [4.78, 5) is 4.29. The van der Waals surface area contributed by atoms with Crippen molar-refractivity contribution in [2.45, 2.75) is 25.4 Å². The third kappa shape index (κ3) is 2.38. The number of aryl methyl sites for hydroxylation is 1. The lowest BCUT2D eigenvalue weighted by molar-refractivity contribution is 0.182. The molecule has 2 nitrogen and oxygen atoms in total. The lowest BCUT2D eigenvalue weighted by Crippen LogP contribution is -2.14. The van der Waals surface area contributed by atoms with Crippen molar-refractivity contribution in [3.63, 3.8) is 0 Å². The second kappa shape index (κ2) is 4.78. The zero-order valence-electron chi connectivity index (χ0n) is 9.23. The van der Waals surface area contributed by atoms with Crippen LogP contribution in [0, 0.1) is 0 Å². The van der Waals surface area contributed by atoms with Gasteiger partial charge in [0.1, 0.15) is 10.7 Å². The van der Waals surface area contributed by atoms with Crippen LogP contribution in [0.3, 0.4) is 0 Å². The molecule has 88 valence electrons. The number of thiazole rings is 1. The van der Waals surface area contributed by atoms with Gasteiger partial charge in [0.2, 0.25) is 0 Å². The molecule has 1 aliphatic carbocycles. The predicted molar refractivity (Wildman–Crippen MR) is 72.6 cm³/mol. The van der Waals surface area contributed by atoms with Crippen LogP contribution in [-0.4, -0.2) is 4.98 Å². The molecule has 0 radical (unpaired) electrons. The van der Waals surface area contributed by atoms with Crippen LogP contribution in [-0.2, 0) is 6.42 Å². The Kier molecular flexibility index (Phi) is 3.16. The van der Waals surface area contributed by atoms with Crippen LogP contribution < -0.4 is 4.74 Å². The van der Waals surface area contributed by atoms with Crippen LogP contribution >= 0.6 is 27.3 Å². The minimum absolute atomic E-state index is 0.165. The molecule has 0 saturated heterocycles. The third-order valence-electron chi connectivity index (χ3n) is 3.01. The lowest BCUT2D eigenvalue weighted by atomic mass is 9.89. The highest BCUT2D eigenvalue weighted by molar-refractivity contribution is 9.10. The van der Waals surface area contributed by atoms with Crippen molar-refractivity contribution in [2.75, 3.05) is 0 Å². The van der Waals surface area contributed by atoms with Gasteiger partial charge in [0.15, 0.2) is 0 Å². The van der Waals surface area contributed by atoms with E-state index in [-0.39, 0.29) is 6.10 Å². The van der Waals surface area contributed by atoms with E-state index < -0.39 is 0 Å². The first kappa shape index (κ1) is 11.2. The largest absolute Gasteiger partial charge is 0.462 e. The summed E-state index contributed by atoms with van der Waals surface area (Å²) in [7, 11) is 0. The van der Waals surface area contributed by atoms with Crippen LogP contribution in [0.2, 0.25) is 0 Å². The van der Waals surface area contributed by atoms with Crippen LogP contribution in [0.1, 0.15) is 30.1 Å². The number of hydrogen-bond donors (Lipinski definition) is 0. The van der Waals surface area contributed by atoms with E-state index in [1.54, 1.807) is 0 Å². The van der Waals surface area contributed by atoms with Gasteiger partial charge in [-0.15, -0.1) is 0 Å². The molecule has 0 fully saturated rings. The number of ether oxygens (including phenoxy) is 1. The minimum atomic E-state index is 0.165. The highest BCUT2D eigenvalue weighted by atomic mass is 79.9. The Morgan fingerprint density at radius 1 is 1.35 bits per heavy atom. The lowest BCUT2D eigenvalue weighted by Gasteiger charge is -2.24. The molecule has 4 heteroatoms. The Hall–Kier alpha value is -0.870.